The zero-order valence-electron chi connectivity index (χ0n) is 15.0. The van der Waals surface area contributed by atoms with Crippen LogP contribution in [0.3, 0.4) is 0 Å². The fourth-order valence-corrected chi connectivity index (χ4v) is 3.55. The van der Waals surface area contributed by atoms with Crippen molar-refractivity contribution in [3.8, 4) is 5.75 Å². The first-order chi connectivity index (χ1) is 12.6. The number of nitrogens with one attached hydrogen (secondary N) is 1. The predicted molar refractivity (Wildman–Crippen MR) is 103 cm³/mol. The van der Waals surface area contributed by atoms with Gasteiger partial charge in [0.05, 0.1) is 12.1 Å². The molecule has 1 unspecified atom stereocenters. The highest BCUT2D eigenvalue weighted by Crippen LogP contribution is 2.28. The third-order valence-corrected chi connectivity index (χ3v) is 4.98. The molecule has 1 aliphatic heterocycles. The van der Waals surface area contributed by atoms with Crippen LogP contribution in [0.25, 0.3) is 0 Å². The van der Waals surface area contributed by atoms with Gasteiger partial charge in [0.1, 0.15) is 23.6 Å². The Balaban J connectivity index is 1.77. The Morgan fingerprint density at radius 1 is 1.35 bits per heavy atom. The summed E-state index contributed by atoms with van der Waals surface area (Å²) in [5.74, 6) is 1.08. The van der Waals surface area contributed by atoms with Crippen molar-refractivity contribution in [1.29, 1.82) is 0 Å². The molecule has 1 amide bonds. The van der Waals surface area contributed by atoms with E-state index in [4.69, 9.17) is 16.3 Å². The number of piperidine rings is 1. The molecule has 1 aliphatic rings. The van der Waals surface area contributed by atoms with E-state index in [1.54, 1.807) is 31.4 Å². The highest BCUT2D eigenvalue weighted by molar-refractivity contribution is 6.32. The van der Waals surface area contributed by atoms with Crippen molar-refractivity contribution in [2.45, 2.75) is 38.6 Å². The molecule has 0 radical (unpaired) electrons. The van der Waals surface area contributed by atoms with Gasteiger partial charge >= 0.3 is 0 Å². The van der Waals surface area contributed by atoms with Crippen LogP contribution >= 0.6 is 11.6 Å². The average Bonchev–Trinajstić information content (AvgIpc) is 2.68. The minimum absolute atomic E-state index is 0.292. The van der Waals surface area contributed by atoms with E-state index in [-0.39, 0.29) is 5.91 Å². The van der Waals surface area contributed by atoms with Gasteiger partial charge in [-0.15, -0.1) is 0 Å². The lowest BCUT2D eigenvalue weighted by molar-refractivity contribution is 0.102. The Morgan fingerprint density at radius 3 is 2.92 bits per heavy atom. The number of hydrogen-bond acceptors (Lipinski definition) is 5. The van der Waals surface area contributed by atoms with Crippen LogP contribution in [-0.4, -0.2) is 35.6 Å². The second-order valence-corrected chi connectivity index (χ2v) is 6.72. The van der Waals surface area contributed by atoms with E-state index in [9.17, 15) is 4.79 Å². The average molecular weight is 375 g/mol. The van der Waals surface area contributed by atoms with Gasteiger partial charge in [-0.2, -0.15) is 0 Å². The van der Waals surface area contributed by atoms with Crippen molar-refractivity contribution in [2.24, 2.45) is 0 Å². The Hall–Kier alpha value is -2.34. The first-order valence-electron chi connectivity index (χ1n) is 8.86. The van der Waals surface area contributed by atoms with Gasteiger partial charge < -0.3 is 15.0 Å². The minimum atomic E-state index is -0.292. The van der Waals surface area contributed by atoms with Crippen LogP contribution in [-0.2, 0) is 0 Å². The molecule has 1 aromatic carbocycles. The minimum Gasteiger partial charge on any atom is -0.495 e. The fourth-order valence-electron chi connectivity index (χ4n) is 3.29. The largest absolute Gasteiger partial charge is 0.495 e. The topological polar surface area (TPSA) is 67.4 Å². The van der Waals surface area contributed by atoms with E-state index in [2.05, 4.69) is 27.1 Å². The molecule has 7 heteroatoms. The summed E-state index contributed by atoms with van der Waals surface area (Å²) in [6, 6.07) is 7.33. The molecule has 138 valence electrons. The van der Waals surface area contributed by atoms with E-state index in [1.807, 2.05) is 0 Å². The lowest BCUT2D eigenvalue weighted by atomic mass is 10.00. The van der Waals surface area contributed by atoms with Gasteiger partial charge in [0.25, 0.3) is 5.91 Å². The van der Waals surface area contributed by atoms with Crippen LogP contribution in [0.4, 0.5) is 11.5 Å². The summed E-state index contributed by atoms with van der Waals surface area (Å²) in [5, 5.41) is 3.26. The molecule has 0 bridgehead atoms. The molecule has 0 saturated carbocycles. The normalized spacial score (nSPS) is 17.0. The molecule has 1 fully saturated rings. The van der Waals surface area contributed by atoms with Crippen LogP contribution in [0.5, 0.6) is 5.75 Å². The van der Waals surface area contributed by atoms with Crippen molar-refractivity contribution >= 4 is 29.0 Å². The second-order valence-electron chi connectivity index (χ2n) is 6.32. The highest BCUT2D eigenvalue weighted by Gasteiger charge is 2.23. The number of hydrogen-bond donors (Lipinski definition) is 1. The van der Waals surface area contributed by atoms with Crippen LogP contribution < -0.4 is 15.0 Å². The van der Waals surface area contributed by atoms with Gasteiger partial charge in [-0.25, -0.2) is 9.97 Å². The van der Waals surface area contributed by atoms with Crippen LogP contribution in [0.1, 0.15) is 43.1 Å². The molecule has 1 aromatic heterocycles. The van der Waals surface area contributed by atoms with Gasteiger partial charge in [0, 0.05) is 24.3 Å². The van der Waals surface area contributed by atoms with E-state index in [1.165, 1.54) is 12.7 Å². The van der Waals surface area contributed by atoms with E-state index >= 15 is 0 Å². The highest BCUT2D eigenvalue weighted by atomic mass is 35.5. The number of rotatable bonds is 5. The maximum absolute atomic E-state index is 12.6. The van der Waals surface area contributed by atoms with Crippen molar-refractivity contribution in [3.63, 3.8) is 0 Å². The molecule has 2 heterocycles. The fraction of sp³-hybridized carbons (Fsp3) is 0.421. The maximum atomic E-state index is 12.6. The summed E-state index contributed by atoms with van der Waals surface area (Å²) < 4.78 is 5.12. The number of halogens is 1. The summed E-state index contributed by atoms with van der Waals surface area (Å²) in [7, 11) is 1.55. The lowest BCUT2D eigenvalue weighted by Gasteiger charge is -2.36. The quantitative estimate of drug-likeness (QED) is 0.851. The third kappa shape index (κ3) is 4.07. The number of ether oxygens (including phenoxy) is 1. The van der Waals surface area contributed by atoms with E-state index in [0.717, 1.165) is 31.6 Å². The smallest absolute Gasteiger partial charge is 0.274 e. The third-order valence-electron chi connectivity index (χ3n) is 4.69. The van der Waals surface area contributed by atoms with Gasteiger partial charge in [0.15, 0.2) is 0 Å². The van der Waals surface area contributed by atoms with Gasteiger partial charge in [0.2, 0.25) is 0 Å². The molecule has 1 N–H and O–H groups in total. The predicted octanol–water partition coefficient (Wildman–Crippen LogP) is 4.16. The summed E-state index contributed by atoms with van der Waals surface area (Å²) in [4.78, 5) is 23.4. The Bertz CT molecular complexity index is 784. The second kappa shape index (κ2) is 8.36. The standard InChI is InChI=1S/C19H23ClN4O2/c1-3-14-6-4-5-9-24(14)18-11-16(21-12-22-18)19(25)23-13-7-8-17(26-2)15(20)10-13/h7-8,10-12,14H,3-6,9H2,1-2H3,(H,23,25). The zero-order valence-corrected chi connectivity index (χ0v) is 15.8. The van der Waals surface area contributed by atoms with E-state index < -0.39 is 0 Å². The van der Waals surface area contributed by atoms with E-state index in [0.29, 0.717) is 28.2 Å². The molecule has 26 heavy (non-hydrogen) atoms. The molecular formula is C19H23ClN4O2. The lowest BCUT2D eigenvalue weighted by Crippen LogP contribution is -2.39. The first kappa shape index (κ1) is 18.5. The Morgan fingerprint density at radius 2 is 2.19 bits per heavy atom. The molecular weight excluding hydrogens is 352 g/mol. The molecule has 0 spiro atoms. The van der Waals surface area contributed by atoms with Gasteiger partial charge in [-0.3, -0.25) is 4.79 Å². The van der Waals surface area contributed by atoms with Crippen molar-refractivity contribution in [1.82, 2.24) is 9.97 Å². The monoisotopic (exact) mass is 374 g/mol. The number of amides is 1. The molecule has 6 nitrogen and oxygen atoms in total. The number of anilines is 2. The number of nitrogens with zero attached hydrogens (tertiary/aromatic N) is 3. The van der Waals surface area contributed by atoms with Crippen LogP contribution in [0.15, 0.2) is 30.6 Å². The first-order valence-corrected chi connectivity index (χ1v) is 9.23. The molecule has 0 aliphatic carbocycles. The zero-order chi connectivity index (χ0) is 18.5. The number of carbonyl (C=O) groups excluding carboxylic acids is 1. The SMILES string of the molecule is CCC1CCCCN1c1cc(C(=O)Nc2ccc(OC)c(Cl)c2)ncn1. The number of carbonyl (C=O) groups is 1. The Labute approximate surface area is 158 Å². The number of aromatic nitrogens is 2. The van der Waals surface area contributed by atoms with Crippen molar-refractivity contribution in [3.05, 3.63) is 41.3 Å². The molecule has 1 atom stereocenters. The molecule has 2 aromatic rings. The summed E-state index contributed by atoms with van der Waals surface area (Å²) in [6.07, 6.45) is 6.06. The van der Waals surface area contributed by atoms with Crippen LogP contribution in [0.2, 0.25) is 5.02 Å². The summed E-state index contributed by atoms with van der Waals surface area (Å²) >= 11 is 6.11. The maximum Gasteiger partial charge on any atom is 0.274 e. The number of methoxy groups -OCH3 is 1. The molecule has 3 rings (SSSR count). The summed E-state index contributed by atoms with van der Waals surface area (Å²) in [6.45, 7) is 3.15. The van der Waals surface area contributed by atoms with Gasteiger partial charge in [-0.05, 0) is 43.9 Å². The Kier molecular flexibility index (Phi) is 5.93. The van der Waals surface area contributed by atoms with Crippen LogP contribution in [0, 0.1) is 0 Å². The van der Waals surface area contributed by atoms with Gasteiger partial charge in [-0.1, -0.05) is 18.5 Å². The van der Waals surface area contributed by atoms with Crippen molar-refractivity contribution < 1.29 is 9.53 Å². The molecule has 1 saturated heterocycles. The van der Waals surface area contributed by atoms with Crippen molar-refractivity contribution in [2.75, 3.05) is 23.9 Å². The summed E-state index contributed by atoms with van der Waals surface area (Å²) in [5.41, 5.74) is 0.924. The number of benzene rings is 1.